The molecule has 0 saturated carbocycles. The number of carbonyl (C=O) groups is 5. The summed E-state index contributed by atoms with van der Waals surface area (Å²) in [5.74, 6) is -1.05. The predicted octanol–water partition coefficient (Wildman–Crippen LogP) is 2.19. The van der Waals surface area contributed by atoms with Crippen LogP contribution in [0.25, 0.3) is 0 Å². The van der Waals surface area contributed by atoms with Crippen LogP contribution < -0.4 is 21.3 Å². The molecule has 11 heteroatoms. The van der Waals surface area contributed by atoms with Crippen molar-refractivity contribution in [2.75, 3.05) is 26.7 Å². The molecule has 4 N–H and O–H groups in total. The van der Waals surface area contributed by atoms with Gasteiger partial charge in [0.15, 0.2) is 5.78 Å². The topological polar surface area (TPSA) is 149 Å². The number of urea groups is 1. The van der Waals surface area contributed by atoms with E-state index in [9.17, 15) is 24.0 Å². The van der Waals surface area contributed by atoms with Gasteiger partial charge >= 0.3 is 6.03 Å². The van der Waals surface area contributed by atoms with Gasteiger partial charge in [0.2, 0.25) is 17.7 Å². The Morgan fingerprint density at radius 1 is 0.860 bits per heavy atom. The maximum atomic E-state index is 13.7. The Hall–Kier alpha value is -3.47. The van der Waals surface area contributed by atoms with Crippen LogP contribution in [0.1, 0.15) is 65.9 Å². The standard InChI is InChI=1S/C32H49N5O6/c1-20(2)16-24(27(38)32(5)19-43-32)34-30(41)26(18-22-10-8-7-9-11-22)35-29(40)25(17-21(3)4)36-31(42)37-14-12-23(13-15-37)28(39)33-6/h7-11,20-21,23-26H,12-19H2,1-6H3,(H,33,39)(H,34,41)(H,35,40)(H,36,42)/t24-,25-,26-,32+/m0/s1. The molecule has 4 atom stereocenters. The van der Waals surface area contributed by atoms with Crippen molar-refractivity contribution in [2.45, 2.75) is 90.4 Å². The summed E-state index contributed by atoms with van der Waals surface area (Å²) in [4.78, 5) is 67.4. The van der Waals surface area contributed by atoms with Crippen LogP contribution >= 0.6 is 0 Å². The number of hydrogen-bond acceptors (Lipinski definition) is 6. The lowest BCUT2D eigenvalue weighted by Crippen LogP contribution is -2.58. The van der Waals surface area contributed by atoms with Crippen molar-refractivity contribution in [2.24, 2.45) is 17.8 Å². The van der Waals surface area contributed by atoms with Gasteiger partial charge in [0.1, 0.15) is 17.7 Å². The molecule has 0 bridgehead atoms. The van der Waals surface area contributed by atoms with Crippen LogP contribution in [-0.2, 0) is 30.3 Å². The van der Waals surface area contributed by atoms with E-state index in [1.54, 1.807) is 18.9 Å². The molecular weight excluding hydrogens is 550 g/mol. The summed E-state index contributed by atoms with van der Waals surface area (Å²) in [5, 5.41) is 11.3. The number of likely N-dealkylation sites (tertiary alicyclic amines) is 1. The monoisotopic (exact) mass is 599 g/mol. The number of piperidine rings is 1. The second-order valence-electron chi connectivity index (χ2n) is 12.8. The molecule has 5 amide bonds. The number of ether oxygens (including phenoxy) is 1. The molecular formula is C32H49N5O6. The lowest BCUT2D eigenvalue weighted by molar-refractivity contribution is -0.133. The fourth-order valence-electron chi connectivity index (χ4n) is 5.42. The molecule has 3 rings (SSSR count). The van der Waals surface area contributed by atoms with Gasteiger partial charge < -0.3 is 30.9 Å². The third kappa shape index (κ3) is 10.0. The van der Waals surface area contributed by atoms with Gasteiger partial charge in [-0.15, -0.1) is 0 Å². The number of benzene rings is 1. The van der Waals surface area contributed by atoms with E-state index in [2.05, 4.69) is 21.3 Å². The molecule has 2 aliphatic heterocycles. The van der Waals surface area contributed by atoms with Crippen molar-refractivity contribution in [3.63, 3.8) is 0 Å². The summed E-state index contributed by atoms with van der Waals surface area (Å²) in [6.07, 6.45) is 2.13. The van der Waals surface area contributed by atoms with Crippen LogP contribution in [0.2, 0.25) is 0 Å². The SMILES string of the molecule is CNC(=O)C1CCN(C(=O)N[C@@H](CC(C)C)C(=O)N[C@@H](Cc2ccccc2)C(=O)N[C@@H](CC(C)C)C(=O)[C@@]2(C)CO2)CC1. The maximum absolute atomic E-state index is 13.7. The minimum Gasteiger partial charge on any atom is -0.361 e. The summed E-state index contributed by atoms with van der Waals surface area (Å²) >= 11 is 0. The number of nitrogens with one attached hydrogen (secondary N) is 4. The Bertz CT molecular complexity index is 1130. The Morgan fingerprint density at radius 3 is 1.93 bits per heavy atom. The van der Waals surface area contributed by atoms with Crippen molar-refractivity contribution in [1.29, 1.82) is 0 Å². The highest BCUT2D eigenvalue weighted by molar-refractivity contribution is 5.98. The van der Waals surface area contributed by atoms with Crippen LogP contribution in [0.3, 0.4) is 0 Å². The average Bonchev–Trinajstić information content (AvgIpc) is 3.73. The molecule has 0 aliphatic carbocycles. The van der Waals surface area contributed by atoms with E-state index >= 15 is 0 Å². The Labute approximate surface area is 255 Å². The minimum atomic E-state index is -0.972. The zero-order valence-corrected chi connectivity index (χ0v) is 26.4. The number of epoxide rings is 1. The molecule has 11 nitrogen and oxygen atoms in total. The van der Waals surface area contributed by atoms with E-state index < -0.39 is 35.5 Å². The molecule has 0 aromatic heterocycles. The molecule has 0 unspecified atom stereocenters. The fourth-order valence-corrected chi connectivity index (χ4v) is 5.42. The zero-order chi connectivity index (χ0) is 31.7. The third-order valence-corrected chi connectivity index (χ3v) is 8.07. The van der Waals surface area contributed by atoms with Crippen LogP contribution in [0, 0.1) is 17.8 Å². The van der Waals surface area contributed by atoms with E-state index in [0.29, 0.717) is 45.4 Å². The fraction of sp³-hybridized carbons (Fsp3) is 0.656. The Kier molecular flexibility index (Phi) is 12.1. The summed E-state index contributed by atoms with van der Waals surface area (Å²) in [6, 6.07) is 6.36. The highest BCUT2D eigenvalue weighted by Crippen LogP contribution is 2.29. The maximum Gasteiger partial charge on any atom is 0.318 e. The molecule has 2 heterocycles. The summed E-state index contributed by atoms with van der Waals surface area (Å²) < 4.78 is 5.37. The first-order chi connectivity index (χ1) is 20.3. The number of amides is 5. The molecule has 0 spiro atoms. The molecule has 1 aromatic rings. The van der Waals surface area contributed by atoms with E-state index in [1.165, 1.54) is 0 Å². The summed E-state index contributed by atoms with van der Waals surface area (Å²) in [5.41, 5.74) is -0.0532. The van der Waals surface area contributed by atoms with Gasteiger partial charge in [-0.1, -0.05) is 58.0 Å². The highest BCUT2D eigenvalue weighted by atomic mass is 16.6. The normalized spacial score (nSPS) is 20.6. The van der Waals surface area contributed by atoms with Crippen molar-refractivity contribution in [1.82, 2.24) is 26.2 Å². The second-order valence-corrected chi connectivity index (χ2v) is 12.8. The summed E-state index contributed by atoms with van der Waals surface area (Å²) in [6.45, 7) is 10.7. The van der Waals surface area contributed by atoms with Gasteiger partial charge in [-0.3, -0.25) is 19.2 Å². The minimum absolute atomic E-state index is 0.0315. The molecule has 238 valence electrons. The first-order valence-electron chi connectivity index (χ1n) is 15.4. The molecule has 0 radical (unpaired) electrons. The number of Topliss-reactive ketones (excluding diaryl/α,β-unsaturated/α-hetero) is 1. The van der Waals surface area contributed by atoms with Gasteiger partial charge in [0.25, 0.3) is 0 Å². The predicted molar refractivity (Wildman–Crippen MR) is 163 cm³/mol. The van der Waals surface area contributed by atoms with Gasteiger partial charge in [-0.05, 0) is 50.0 Å². The molecule has 43 heavy (non-hydrogen) atoms. The van der Waals surface area contributed by atoms with E-state index in [0.717, 1.165) is 5.56 Å². The number of hydrogen-bond donors (Lipinski definition) is 4. The number of rotatable bonds is 14. The van der Waals surface area contributed by atoms with Crippen molar-refractivity contribution in [3.05, 3.63) is 35.9 Å². The molecule has 2 saturated heterocycles. The highest BCUT2D eigenvalue weighted by Gasteiger charge is 2.50. The van der Waals surface area contributed by atoms with Crippen molar-refractivity contribution >= 4 is 29.5 Å². The lowest BCUT2D eigenvalue weighted by atomic mass is 9.93. The van der Waals surface area contributed by atoms with Gasteiger partial charge in [0.05, 0.1) is 12.6 Å². The Morgan fingerprint density at radius 2 is 1.40 bits per heavy atom. The smallest absolute Gasteiger partial charge is 0.318 e. The average molecular weight is 600 g/mol. The zero-order valence-electron chi connectivity index (χ0n) is 26.4. The molecule has 2 aliphatic rings. The first kappa shape index (κ1) is 34.0. The second kappa shape index (κ2) is 15.3. The van der Waals surface area contributed by atoms with Crippen LogP contribution in [0.15, 0.2) is 30.3 Å². The van der Waals surface area contributed by atoms with E-state index in [4.69, 9.17) is 4.74 Å². The molecule has 2 fully saturated rings. The van der Waals surface area contributed by atoms with Gasteiger partial charge in [0, 0.05) is 32.5 Å². The largest absolute Gasteiger partial charge is 0.361 e. The van der Waals surface area contributed by atoms with Gasteiger partial charge in [-0.2, -0.15) is 0 Å². The van der Waals surface area contributed by atoms with Crippen molar-refractivity contribution < 1.29 is 28.7 Å². The van der Waals surface area contributed by atoms with E-state index in [-0.39, 0.29) is 41.9 Å². The third-order valence-electron chi connectivity index (χ3n) is 8.07. The first-order valence-corrected chi connectivity index (χ1v) is 15.4. The summed E-state index contributed by atoms with van der Waals surface area (Å²) in [7, 11) is 1.60. The van der Waals surface area contributed by atoms with Crippen LogP contribution in [-0.4, -0.2) is 84.9 Å². The lowest BCUT2D eigenvalue weighted by Gasteiger charge is -2.33. The quantitative estimate of drug-likeness (QED) is 0.241. The molecule has 1 aromatic carbocycles. The Balaban J connectivity index is 1.74. The van der Waals surface area contributed by atoms with E-state index in [1.807, 2.05) is 58.0 Å². The van der Waals surface area contributed by atoms with Crippen LogP contribution in [0.5, 0.6) is 0 Å². The van der Waals surface area contributed by atoms with Crippen molar-refractivity contribution in [3.8, 4) is 0 Å². The number of carbonyl (C=O) groups excluding carboxylic acids is 5. The van der Waals surface area contributed by atoms with Crippen LogP contribution in [0.4, 0.5) is 4.79 Å². The number of nitrogens with zero attached hydrogens (tertiary/aromatic N) is 1. The van der Waals surface area contributed by atoms with Gasteiger partial charge in [-0.25, -0.2) is 4.79 Å². The number of ketones is 1.